The fourth-order valence-corrected chi connectivity index (χ4v) is 2.91. The molecular formula is C17H24FNO2. The van der Waals surface area contributed by atoms with Crippen molar-refractivity contribution >= 4 is 0 Å². The van der Waals surface area contributed by atoms with E-state index in [2.05, 4.69) is 4.90 Å². The summed E-state index contributed by atoms with van der Waals surface area (Å²) in [5, 5.41) is 0. The minimum Gasteiger partial charge on any atom is -0.494 e. The summed E-state index contributed by atoms with van der Waals surface area (Å²) in [6, 6.07) is 7.03. The van der Waals surface area contributed by atoms with E-state index in [0.717, 1.165) is 38.0 Å². The Kier molecular flexibility index (Phi) is 5.09. The van der Waals surface area contributed by atoms with Crippen LogP contribution in [-0.2, 0) is 4.74 Å². The van der Waals surface area contributed by atoms with Gasteiger partial charge in [0.25, 0.3) is 0 Å². The molecule has 3 rings (SSSR count). The molecular weight excluding hydrogens is 269 g/mol. The summed E-state index contributed by atoms with van der Waals surface area (Å²) in [5.41, 5.74) is 0. The third-order valence-corrected chi connectivity index (χ3v) is 4.25. The molecule has 4 heteroatoms. The van der Waals surface area contributed by atoms with Crippen molar-refractivity contribution in [3.05, 3.63) is 30.1 Å². The molecule has 1 heterocycles. The van der Waals surface area contributed by atoms with Crippen molar-refractivity contribution in [1.29, 1.82) is 0 Å². The lowest BCUT2D eigenvalue weighted by Crippen LogP contribution is -2.33. The first-order chi connectivity index (χ1) is 10.3. The zero-order valence-corrected chi connectivity index (χ0v) is 12.5. The molecule has 1 aliphatic heterocycles. The van der Waals surface area contributed by atoms with Crippen LogP contribution in [0.25, 0.3) is 0 Å². The Bertz CT molecular complexity index is 427. The molecule has 116 valence electrons. The maximum atomic E-state index is 12.8. The van der Waals surface area contributed by atoms with Gasteiger partial charge in [-0.3, -0.25) is 4.90 Å². The monoisotopic (exact) mass is 293 g/mol. The summed E-state index contributed by atoms with van der Waals surface area (Å²) >= 11 is 0. The lowest BCUT2D eigenvalue weighted by atomic mass is 10.1. The summed E-state index contributed by atoms with van der Waals surface area (Å²) in [6.07, 6.45) is 4.90. The van der Waals surface area contributed by atoms with E-state index < -0.39 is 0 Å². The third kappa shape index (κ3) is 4.68. The van der Waals surface area contributed by atoms with Crippen LogP contribution < -0.4 is 4.74 Å². The Labute approximate surface area is 126 Å². The molecule has 1 saturated carbocycles. The molecule has 1 atom stereocenters. The van der Waals surface area contributed by atoms with E-state index in [4.69, 9.17) is 9.47 Å². The summed E-state index contributed by atoms with van der Waals surface area (Å²) in [6.45, 7) is 4.80. The average molecular weight is 293 g/mol. The minimum absolute atomic E-state index is 0.221. The predicted octanol–water partition coefficient (Wildman–Crippen LogP) is 3.10. The molecule has 1 aliphatic carbocycles. The Balaban J connectivity index is 1.37. The molecule has 2 fully saturated rings. The molecule has 0 aromatic heterocycles. The van der Waals surface area contributed by atoms with Gasteiger partial charge in [0.2, 0.25) is 0 Å². The summed E-state index contributed by atoms with van der Waals surface area (Å²) in [4.78, 5) is 2.60. The molecule has 0 amide bonds. The van der Waals surface area contributed by atoms with E-state index in [1.54, 1.807) is 12.1 Å². The number of rotatable bonds is 8. The molecule has 0 unspecified atom stereocenters. The zero-order chi connectivity index (χ0) is 14.5. The quantitative estimate of drug-likeness (QED) is 0.688. The van der Waals surface area contributed by atoms with Crippen LogP contribution in [0, 0.1) is 11.7 Å². The van der Waals surface area contributed by atoms with Gasteiger partial charge in [-0.1, -0.05) is 0 Å². The summed E-state index contributed by atoms with van der Waals surface area (Å²) in [5.74, 6) is 1.24. The molecule has 1 saturated heterocycles. The minimum atomic E-state index is -0.221. The normalized spacial score (nSPS) is 21.9. The fraction of sp³-hybridized carbons (Fsp3) is 0.647. The lowest BCUT2D eigenvalue weighted by Gasteiger charge is -2.24. The zero-order valence-electron chi connectivity index (χ0n) is 12.5. The Morgan fingerprint density at radius 3 is 2.67 bits per heavy atom. The average Bonchev–Trinajstić information content (AvgIpc) is 3.22. The summed E-state index contributed by atoms with van der Waals surface area (Å²) in [7, 11) is 0. The second-order valence-electron chi connectivity index (χ2n) is 6.11. The first kappa shape index (κ1) is 14.8. The number of benzene rings is 1. The molecule has 0 bridgehead atoms. The van der Waals surface area contributed by atoms with Gasteiger partial charge < -0.3 is 9.47 Å². The van der Waals surface area contributed by atoms with Crippen LogP contribution in [0.3, 0.4) is 0 Å². The standard InChI is InChI=1S/C17H24FNO2/c18-15-2-6-17(7-3-15)21-10-1-9-19(16-4-5-16)12-14-8-11-20-13-14/h2-3,6-7,14,16H,1,4-5,8-13H2/t14-/m1/s1. The van der Waals surface area contributed by atoms with Gasteiger partial charge >= 0.3 is 0 Å². The molecule has 21 heavy (non-hydrogen) atoms. The van der Waals surface area contributed by atoms with E-state index in [1.165, 1.54) is 37.9 Å². The molecule has 1 aromatic carbocycles. The van der Waals surface area contributed by atoms with Crippen molar-refractivity contribution in [2.75, 3.05) is 32.9 Å². The van der Waals surface area contributed by atoms with Crippen LogP contribution >= 0.6 is 0 Å². The maximum absolute atomic E-state index is 12.8. The Hall–Kier alpha value is -1.13. The highest BCUT2D eigenvalue weighted by Gasteiger charge is 2.31. The van der Waals surface area contributed by atoms with E-state index in [0.29, 0.717) is 12.5 Å². The van der Waals surface area contributed by atoms with Crippen molar-refractivity contribution in [2.45, 2.75) is 31.7 Å². The largest absolute Gasteiger partial charge is 0.494 e. The highest BCUT2D eigenvalue weighted by Crippen LogP contribution is 2.29. The summed E-state index contributed by atoms with van der Waals surface area (Å²) < 4.78 is 23.9. The molecule has 2 aliphatic rings. The van der Waals surface area contributed by atoms with E-state index >= 15 is 0 Å². The van der Waals surface area contributed by atoms with Crippen LogP contribution in [0.4, 0.5) is 4.39 Å². The molecule has 0 N–H and O–H groups in total. The van der Waals surface area contributed by atoms with Gasteiger partial charge in [-0.2, -0.15) is 0 Å². The van der Waals surface area contributed by atoms with Gasteiger partial charge in [0, 0.05) is 25.7 Å². The smallest absolute Gasteiger partial charge is 0.123 e. The first-order valence-electron chi connectivity index (χ1n) is 8.01. The van der Waals surface area contributed by atoms with Crippen LogP contribution in [0.2, 0.25) is 0 Å². The second-order valence-corrected chi connectivity index (χ2v) is 6.11. The first-order valence-corrected chi connectivity index (χ1v) is 8.01. The topological polar surface area (TPSA) is 21.7 Å². The maximum Gasteiger partial charge on any atom is 0.123 e. The van der Waals surface area contributed by atoms with Gasteiger partial charge in [-0.15, -0.1) is 0 Å². The number of nitrogens with zero attached hydrogens (tertiary/aromatic N) is 1. The second kappa shape index (κ2) is 7.23. The SMILES string of the molecule is Fc1ccc(OCCCN(C[C@H]2CCOC2)C2CC2)cc1. The Morgan fingerprint density at radius 1 is 1.19 bits per heavy atom. The van der Waals surface area contributed by atoms with Gasteiger partial charge in [-0.05, 0) is 55.9 Å². The van der Waals surface area contributed by atoms with Crippen molar-refractivity contribution in [1.82, 2.24) is 4.90 Å². The molecule has 0 radical (unpaired) electrons. The van der Waals surface area contributed by atoms with Crippen LogP contribution in [0.5, 0.6) is 5.75 Å². The number of halogens is 1. The number of hydrogen-bond acceptors (Lipinski definition) is 3. The van der Waals surface area contributed by atoms with Gasteiger partial charge in [0.1, 0.15) is 11.6 Å². The van der Waals surface area contributed by atoms with Crippen molar-refractivity contribution in [3.63, 3.8) is 0 Å². The van der Waals surface area contributed by atoms with E-state index in [1.807, 2.05) is 0 Å². The van der Waals surface area contributed by atoms with Crippen molar-refractivity contribution in [3.8, 4) is 5.75 Å². The van der Waals surface area contributed by atoms with Crippen LogP contribution in [-0.4, -0.2) is 43.9 Å². The predicted molar refractivity (Wildman–Crippen MR) is 80.0 cm³/mol. The third-order valence-electron chi connectivity index (χ3n) is 4.25. The van der Waals surface area contributed by atoms with Crippen molar-refractivity contribution < 1.29 is 13.9 Å². The van der Waals surface area contributed by atoms with Gasteiger partial charge in [0.15, 0.2) is 0 Å². The number of ether oxygens (including phenoxy) is 2. The van der Waals surface area contributed by atoms with Crippen LogP contribution in [0.15, 0.2) is 24.3 Å². The highest BCUT2D eigenvalue weighted by molar-refractivity contribution is 5.21. The van der Waals surface area contributed by atoms with Gasteiger partial charge in [0.05, 0.1) is 13.2 Å². The van der Waals surface area contributed by atoms with E-state index in [9.17, 15) is 4.39 Å². The highest BCUT2D eigenvalue weighted by atomic mass is 19.1. The molecule has 0 spiro atoms. The lowest BCUT2D eigenvalue weighted by molar-refractivity contribution is 0.159. The Morgan fingerprint density at radius 2 is 2.00 bits per heavy atom. The molecule has 1 aromatic rings. The fourth-order valence-electron chi connectivity index (χ4n) is 2.91. The van der Waals surface area contributed by atoms with Gasteiger partial charge in [-0.25, -0.2) is 4.39 Å². The van der Waals surface area contributed by atoms with Crippen LogP contribution in [0.1, 0.15) is 25.7 Å². The van der Waals surface area contributed by atoms with Crippen molar-refractivity contribution in [2.24, 2.45) is 5.92 Å². The number of hydrogen-bond donors (Lipinski definition) is 0. The van der Waals surface area contributed by atoms with E-state index in [-0.39, 0.29) is 5.82 Å². The molecule has 3 nitrogen and oxygen atoms in total.